The first-order valence-corrected chi connectivity index (χ1v) is 6.70. The monoisotopic (exact) mass is 297 g/mol. The zero-order valence-corrected chi connectivity index (χ0v) is 11.1. The maximum Gasteiger partial charge on any atom is 0.0937 e. The molecule has 3 nitrogen and oxygen atoms in total. The number of pyridine rings is 1. The minimum absolute atomic E-state index is 0.845. The largest absolute Gasteiger partial charge is 0.312 e. The van der Waals surface area contributed by atoms with E-state index in [4.69, 9.17) is 0 Å². The summed E-state index contributed by atoms with van der Waals surface area (Å²) in [7, 11) is 0. The molecular formula is C11H12BrN3S. The number of thiazole rings is 1. The fourth-order valence-corrected chi connectivity index (χ4v) is 2.39. The molecule has 2 heterocycles. The van der Waals surface area contributed by atoms with E-state index in [1.165, 1.54) is 10.6 Å². The average Bonchev–Trinajstić information content (AvgIpc) is 2.77. The number of rotatable bonds is 5. The quantitative estimate of drug-likeness (QED) is 0.862. The summed E-state index contributed by atoms with van der Waals surface area (Å²) in [6.45, 7) is 1.79. The summed E-state index contributed by atoms with van der Waals surface area (Å²) in [6, 6.07) is 2.07. The van der Waals surface area contributed by atoms with Crippen molar-refractivity contribution in [3.05, 3.63) is 45.1 Å². The fourth-order valence-electron chi connectivity index (χ4n) is 1.36. The Morgan fingerprint density at radius 3 is 3.06 bits per heavy atom. The van der Waals surface area contributed by atoms with Gasteiger partial charge >= 0.3 is 0 Å². The highest BCUT2D eigenvalue weighted by molar-refractivity contribution is 9.10. The average molecular weight is 298 g/mol. The van der Waals surface area contributed by atoms with E-state index in [2.05, 4.69) is 37.3 Å². The summed E-state index contributed by atoms with van der Waals surface area (Å²) in [5.74, 6) is 0. The Morgan fingerprint density at radius 2 is 2.31 bits per heavy atom. The van der Waals surface area contributed by atoms with Crippen molar-refractivity contribution in [2.45, 2.75) is 13.0 Å². The van der Waals surface area contributed by atoms with E-state index in [0.717, 1.165) is 24.0 Å². The number of aromatic nitrogens is 2. The van der Waals surface area contributed by atoms with E-state index >= 15 is 0 Å². The van der Waals surface area contributed by atoms with E-state index in [1.54, 1.807) is 17.5 Å². The lowest BCUT2D eigenvalue weighted by Crippen LogP contribution is -2.16. The van der Waals surface area contributed by atoms with Crippen molar-refractivity contribution in [1.29, 1.82) is 0 Å². The Morgan fingerprint density at radius 1 is 1.38 bits per heavy atom. The molecule has 0 amide bonds. The number of nitrogens with one attached hydrogen (secondary N) is 1. The second-order valence-corrected chi connectivity index (χ2v) is 5.26. The standard InChI is InChI=1S/C11H12BrN3S/c12-10-5-9(7-14-8-10)6-13-2-1-11-15-3-4-16-11/h3-5,7-8,13H,1-2,6H2. The molecule has 0 aliphatic heterocycles. The van der Waals surface area contributed by atoms with Crippen LogP contribution in [0.15, 0.2) is 34.5 Å². The van der Waals surface area contributed by atoms with Crippen molar-refractivity contribution >= 4 is 27.3 Å². The Bertz CT molecular complexity index is 431. The van der Waals surface area contributed by atoms with Gasteiger partial charge in [0, 0.05) is 48.0 Å². The SMILES string of the molecule is Brc1cncc(CNCCc2nccs2)c1. The first-order chi connectivity index (χ1) is 7.84. The van der Waals surface area contributed by atoms with Crippen LogP contribution in [0.5, 0.6) is 0 Å². The molecule has 0 radical (unpaired) electrons. The molecule has 0 unspecified atom stereocenters. The molecule has 2 aromatic rings. The van der Waals surface area contributed by atoms with Crippen molar-refractivity contribution < 1.29 is 0 Å². The summed E-state index contributed by atoms with van der Waals surface area (Å²) in [6.07, 6.45) is 6.50. The van der Waals surface area contributed by atoms with Gasteiger partial charge in [0.2, 0.25) is 0 Å². The third kappa shape index (κ3) is 3.66. The molecule has 0 fully saturated rings. The van der Waals surface area contributed by atoms with Crippen LogP contribution in [-0.4, -0.2) is 16.5 Å². The molecule has 0 saturated heterocycles. The van der Waals surface area contributed by atoms with E-state index < -0.39 is 0 Å². The van der Waals surface area contributed by atoms with Gasteiger partial charge in [-0.15, -0.1) is 11.3 Å². The first-order valence-electron chi connectivity index (χ1n) is 5.03. The highest BCUT2D eigenvalue weighted by Gasteiger charge is 1.97. The van der Waals surface area contributed by atoms with Crippen LogP contribution in [-0.2, 0) is 13.0 Å². The van der Waals surface area contributed by atoms with Crippen LogP contribution >= 0.6 is 27.3 Å². The van der Waals surface area contributed by atoms with Gasteiger partial charge in [-0.3, -0.25) is 4.98 Å². The van der Waals surface area contributed by atoms with Gasteiger partial charge in [0.15, 0.2) is 0 Å². The summed E-state index contributed by atoms with van der Waals surface area (Å²) < 4.78 is 1.02. The topological polar surface area (TPSA) is 37.8 Å². The van der Waals surface area contributed by atoms with Gasteiger partial charge in [0.25, 0.3) is 0 Å². The van der Waals surface area contributed by atoms with Crippen molar-refractivity contribution in [2.24, 2.45) is 0 Å². The molecule has 0 saturated carbocycles. The van der Waals surface area contributed by atoms with Crippen LogP contribution < -0.4 is 5.32 Å². The Kier molecular flexibility index (Phi) is 4.44. The van der Waals surface area contributed by atoms with Gasteiger partial charge in [-0.25, -0.2) is 4.98 Å². The zero-order valence-electron chi connectivity index (χ0n) is 8.69. The summed E-state index contributed by atoms with van der Waals surface area (Å²) in [4.78, 5) is 8.35. The Hall–Kier alpha value is -0.780. The van der Waals surface area contributed by atoms with Crippen molar-refractivity contribution in [3.8, 4) is 0 Å². The maximum atomic E-state index is 4.23. The smallest absolute Gasteiger partial charge is 0.0937 e. The van der Waals surface area contributed by atoms with Crippen LogP contribution in [0.4, 0.5) is 0 Å². The molecule has 2 rings (SSSR count). The molecule has 0 aromatic carbocycles. The van der Waals surface area contributed by atoms with Crippen LogP contribution in [0.25, 0.3) is 0 Å². The molecule has 16 heavy (non-hydrogen) atoms. The molecule has 0 atom stereocenters. The van der Waals surface area contributed by atoms with E-state index in [1.807, 2.05) is 17.8 Å². The highest BCUT2D eigenvalue weighted by atomic mass is 79.9. The van der Waals surface area contributed by atoms with E-state index in [0.29, 0.717) is 0 Å². The van der Waals surface area contributed by atoms with Crippen LogP contribution in [0, 0.1) is 0 Å². The van der Waals surface area contributed by atoms with Crippen molar-refractivity contribution in [1.82, 2.24) is 15.3 Å². The molecule has 0 bridgehead atoms. The Labute approximate surface area is 107 Å². The van der Waals surface area contributed by atoms with Gasteiger partial charge < -0.3 is 5.32 Å². The molecule has 0 aliphatic rings. The number of hydrogen-bond acceptors (Lipinski definition) is 4. The van der Waals surface area contributed by atoms with Gasteiger partial charge in [0.05, 0.1) is 5.01 Å². The van der Waals surface area contributed by atoms with Crippen molar-refractivity contribution in [2.75, 3.05) is 6.54 Å². The summed E-state index contributed by atoms with van der Waals surface area (Å²) in [5, 5.41) is 6.56. The van der Waals surface area contributed by atoms with Crippen LogP contribution in [0.3, 0.4) is 0 Å². The normalized spacial score (nSPS) is 10.6. The summed E-state index contributed by atoms with van der Waals surface area (Å²) in [5.41, 5.74) is 1.19. The minimum Gasteiger partial charge on any atom is -0.312 e. The molecule has 5 heteroatoms. The lowest BCUT2D eigenvalue weighted by Gasteiger charge is -2.03. The lowest BCUT2D eigenvalue weighted by atomic mass is 10.3. The van der Waals surface area contributed by atoms with Crippen molar-refractivity contribution in [3.63, 3.8) is 0 Å². The first kappa shape index (κ1) is 11.7. The van der Waals surface area contributed by atoms with E-state index in [-0.39, 0.29) is 0 Å². The second-order valence-electron chi connectivity index (χ2n) is 3.36. The number of halogens is 1. The van der Waals surface area contributed by atoms with Gasteiger partial charge in [-0.05, 0) is 27.6 Å². The predicted octanol–water partition coefficient (Wildman–Crippen LogP) is 2.63. The molecular weight excluding hydrogens is 286 g/mol. The molecule has 2 aromatic heterocycles. The third-order valence-electron chi connectivity index (χ3n) is 2.09. The fraction of sp³-hybridized carbons (Fsp3) is 0.273. The highest BCUT2D eigenvalue weighted by Crippen LogP contribution is 2.09. The van der Waals surface area contributed by atoms with Gasteiger partial charge in [-0.2, -0.15) is 0 Å². The van der Waals surface area contributed by atoms with E-state index in [9.17, 15) is 0 Å². The molecule has 0 aliphatic carbocycles. The predicted molar refractivity (Wildman–Crippen MR) is 69.5 cm³/mol. The second kappa shape index (κ2) is 6.08. The van der Waals surface area contributed by atoms with Gasteiger partial charge in [-0.1, -0.05) is 0 Å². The number of hydrogen-bond donors (Lipinski definition) is 1. The summed E-state index contributed by atoms with van der Waals surface area (Å²) >= 11 is 5.10. The lowest BCUT2D eigenvalue weighted by molar-refractivity contribution is 0.683. The molecule has 0 spiro atoms. The molecule has 1 N–H and O–H groups in total. The third-order valence-corrected chi connectivity index (χ3v) is 3.36. The Balaban J connectivity index is 1.72. The molecule has 84 valence electrons. The minimum atomic E-state index is 0.845. The van der Waals surface area contributed by atoms with Crippen LogP contribution in [0.2, 0.25) is 0 Å². The number of nitrogens with zero attached hydrogens (tertiary/aromatic N) is 2. The zero-order chi connectivity index (χ0) is 11.2. The maximum absolute atomic E-state index is 4.23. The van der Waals surface area contributed by atoms with Crippen LogP contribution in [0.1, 0.15) is 10.6 Å². The van der Waals surface area contributed by atoms with Gasteiger partial charge in [0.1, 0.15) is 0 Å².